The minimum Gasteiger partial charge on any atom is -0.490 e. The fourth-order valence-electron chi connectivity index (χ4n) is 3.20. The lowest BCUT2D eigenvalue weighted by molar-refractivity contribution is 0.0698. The molecule has 2 heterocycles. The highest BCUT2D eigenvalue weighted by Crippen LogP contribution is 2.31. The van der Waals surface area contributed by atoms with E-state index in [9.17, 15) is 4.79 Å². The lowest BCUT2D eigenvalue weighted by atomic mass is 10.1. The van der Waals surface area contributed by atoms with Gasteiger partial charge < -0.3 is 19.1 Å². The third-order valence-corrected chi connectivity index (χ3v) is 4.37. The van der Waals surface area contributed by atoms with Crippen LogP contribution in [-0.4, -0.2) is 50.3 Å². The molecule has 0 radical (unpaired) electrons. The molecule has 132 valence electrons. The van der Waals surface area contributed by atoms with Crippen LogP contribution in [0.1, 0.15) is 37.0 Å². The van der Waals surface area contributed by atoms with Gasteiger partial charge in [-0.1, -0.05) is 13.8 Å². The maximum Gasteiger partial charge on any atom is 0.254 e. The largest absolute Gasteiger partial charge is 0.490 e. The quantitative estimate of drug-likeness (QED) is 0.831. The Morgan fingerprint density at radius 2 is 2.00 bits per heavy atom. The number of nitrogens with zero attached hydrogens (tertiary/aromatic N) is 1. The van der Waals surface area contributed by atoms with E-state index >= 15 is 0 Å². The molecule has 1 aromatic carbocycles. The first-order valence-corrected chi connectivity index (χ1v) is 8.90. The second-order valence-corrected chi connectivity index (χ2v) is 7.05. The number of benzene rings is 1. The van der Waals surface area contributed by atoms with Gasteiger partial charge in [0.15, 0.2) is 11.5 Å². The van der Waals surface area contributed by atoms with Gasteiger partial charge in [0.2, 0.25) is 0 Å². The predicted octanol–water partition coefficient (Wildman–Crippen LogP) is 2.98. The smallest absolute Gasteiger partial charge is 0.254 e. The number of amides is 1. The van der Waals surface area contributed by atoms with Crippen molar-refractivity contribution in [1.29, 1.82) is 0 Å². The van der Waals surface area contributed by atoms with E-state index in [1.807, 2.05) is 23.1 Å². The first kappa shape index (κ1) is 17.1. The van der Waals surface area contributed by atoms with Gasteiger partial charge in [0.25, 0.3) is 5.91 Å². The molecule has 0 aliphatic carbocycles. The van der Waals surface area contributed by atoms with Crippen molar-refractivity contribution in [2.24, 2.45) is 11.8 Å². The number of ether oxygens (including phenoxy) is 3. The lowest BCUT2D eigenvalue weighted by Gasteiger charge is -2.27. The number of carbonyl (C=O) groups is 1. The molecule has 2 aliphatic rings. The maximum absolute atomic E-state index is 13.0. The van der Waals surface area contributed by atoms with E-state index in [1.54, 1.807) is 0 Å². The van der Waals surface area contributed by atoms with Crippen LogP contribution in [0.2, 0.25) is 0 Å². The summed E-state index contributed by atoms with van der Waals surface area (Å²) in [7, 11) is 0. The van der Waals surface area contributed by atoms with Crippen LogP contribution in [0.4, 0.5) is 0 Å². The van der Waals surface area contributed by atoms with Gasteiger partial charge in [-0.25, -0.2) is 0 Å². The van der Waals surface area contributed by atoms with Crippen molar-refractivity contribution in [1.82, 2.24) is 4.90 Å². The van der Waals surface area contributed by atoms with Crippen LogP contribution < -0.4 is 9.47 Å². The van der Waals surface area contributed by atoms with E-state index in [0.29, 0.717) is 36.4 Å². The molecule has 0 bridgehead atoms. The van der Waals surface area contributed by atoms with E-state index in [1.165, 1.54) is 0 Å². The van der Waals surface area contributed by atoms with Crippen LogP contribution in [0, 0.1) is 11.8 Å². The normalized spacial score (nSPS) is 20.0. The van der Waals surface area contributed by atoms with Crippen molar-refractivity contribution in [3.8, 4) is 11.5 Å². The Balaban J connectivity index is 1.76. The summed E-state index contributed by atoms with van der Waals surface area (Å²) in [5.41, 5.74) is 0.666. The highest BCUT2D eigenvalue weighted by atomic mass is 16.5. The lowest BCUT2D eigenvalue weighted by Crippen LogP contribution is -2.38. The molecule has 2 aliphatic heterocycles. The van der Waals surface area contributed by atoms with Crippen LogP contribution >= 0.6 is 0 Å². The molecule has 0 saturated carbocycles. The Labute approximate surface area is 143 Å². The molecule has 0 unspecified atom stereocenters. The summed E-state index contributed by atoms with van der Waals surface area (Å²) in [4.78, 5) is 15.0. The first-order valence-electron chi connectivity index (χ1n) is 8.90. The minimum absolute atomic E-state index is 0.0613. The number of hydrogen-bond acceptors (Lipinski definition) is 4. The summed E-state index contributed by atoms with van der Waals surface area (Å²) in [6.45, 7) is 8.62. The third kappa shape index (κ3) is 4.20. The topological polar surface area (TPSA) is 48.0 Å². The molecule has 0 N–H and O–H groups in total. The Kier molecular flexibility index (Phi) is 5.61. The Hall–Kier alpha value is -1.75. The molecule has 24 heavy (non-hydrogen) atoms. The Bertz CT molecular complexity index is 566. The van der Waals surface area contributed by atoms with Crippen LogP contribution in [0.15, 0.2) is 18.2 Å². The van der Waals surface area contributed by atoms with Crippen molar-refractivity contribution in [3.63, 3.8) is 0 Å². The third-order valence-electron chi connectivity index (χ3n) is 4.37. The fourth-order valence-corrected chi connectivity index (χ4v) is 3.20. The summed E-state index contributed by atoms with van der Waals surface area (Å²) in [5, 5.41) is 0. The van der Waals surface area contributed by atoms with Crippen LogP contribution in [0.3, 0.4) is 0 Å². The molecule has 1 fully saturated rings. The van der Waals surface area contributed by atoms with E-state index in [-0.39, 0.29) is 5.91 Å². The molecule has 0 aromatic heterocycles. The maximum atomic E-state index is 13.0. The van der Waals surface area contributed by atoms with Gasteiger partial charge in [-0.3, -0.25) is 4.79 Å². The van der Waals surface area contributed by atoms with Crippen molar-refractivity contribution >= 4 is 5.91 Å². The molecule has 1 amide bonds. The average Bonchev–Trinajstić information content (AvgIpc) is 2.95. The monoisotopic (exact) mass is 333 g/mol. The van der Waals surface area contributed by atoms with Crippen molar-refractivity contribution in [2.45, 2.75) is 26.7 Å². The molecule has 5 nitrogen and oxygen atoms in total. The Morgan fingerprint density at radius 1 is 1.21 bits per heavy atom. The zero-order chi connectivity index (χ0) is 16.9. The van der Waals surface area contributed by atoms with Crippen molar-refractivity contribution in [3.05, 3.63) is 23.8 Å². The molecule has 5 heteroatoms. The standard InChI is InChI=1S/C19H27NO4/c1-14(2)11-20(12-15-6-9-22-13-15)19(21)16-4-5-17-18(10-16)24-8-3-7-23-17/h4-5,10,14-15H,3,6-9,11-13H2,1-2H3/t15-/m0/s1. The number of hydrogen-bond donors (Lipinski definition) is 0. The number of rotatable bonds is 5. The molecule has 3 rings (SSSR count). The Morgan fingerprint density at radius 3 is 2.71 bits per heavy atom. The van der Waals surface area contributed by atoms with E-state index in [0.717, 1.165) is 44.9 Å². The molecular weight excluding hydrogens is 306 g/mol. The van der Waals surface area contributed by atoms with Gasteiger partial charge in [0.05, 0.1) is 19.8 Å². The van der Waals surface area contributed by atoms with E-state index in [2.05, 4.69) is 13.8 Å². The second-order valence-electron chi connectivity index (χ2n) is 7.05. The zero-order valence-electron chi connectivity index (χ0n) is 14.6. The number of carbonyl (C=O) groups excluding carboxylic acids is 1. The van der Waals surface area contributed by atoms with Gasteiger partial charge in [-0.05, 0) is 30.5 Å². The van der Waals surface area contributed by atoms with Crippen LogP contribution in [-0.2, 0) is 4.74 Å². The minimum atomic E-state index is 0.0613. The van der Waals surface area contributed by atoms with Crippen molar-refractivity contribution < 1.29 is 19.0 Å². The predicted molar refractivity (Wildman–Crippen MR) is 91.7 cm³/mol. The average molecular weight is 333 g/mol. The first-order chi connectivity index (χ1) is 11.6. The van der Waals surface area contributed by atoms with Gasteiger partial charge >= 0.3 is 0 Å². The van der Waals surface area contributed by atoms with Gasteiger partial charge in [-0.2, -0.15) is 0 Å². The van der Waals surface area contributed by atoms with E-state index < -0.39 is 0 Å². The summed E-state index contributed by atoms with van der Waals surface area (Å²) in [6, 6.07) is 5.51. The highest BCUT2D eigenvalue weighted by Gasteiger charge is 2.25. The highest BCUT2D eigenvalue weighted by molar-refractivity contribution is 5.95. The molecule has 1 atom stereocenters. The van der Waals surface area contributed by atoms with E-state index in [4.69, 9.17) is 14.2 Å². The molecule has 1 saturated heterocycles. The summed E-state index contributed by atoms with van der Waals surface area (Å²) < 4.78 is 16.8. The summed E-state index contributed by atoms with van der Waals surface area (Å²) in [5.74, 6) is 2.33. The number of fused-ring (bicyclic) bond motifs is 1. The second kappa shape index (κ2) is 7.88. The van der Waals surface area contributed by atoms with Gasteiger partial charge in [0.1, 0.15) is 0 Å². The fraction of sp³-hybridized carbons (Fsp3) is 0.632. The van der Waals surface area contributed by atoms with Gasteiger partial charge in [-0.15, -0.1) is 0 Å². The SMILES string of the molecule is CC(C)CN(C[C@@H]1CCOC1)C(=O)c1ccc2c(c1)OCCCO2. The zero-order valence-corrected chi connectivity index (χ0v) is 14.6. The summed E-state index contributed by atoms with van der Waals surface area (Å²) >= 11 is 0. The van der Waals surface area contributed by atoms with Gasteiger partial charge in [0, 0.05) is 37.6 Å². The molecular formula is C19H27NO4. The summed E-state index contributed by atoms with van der Waals surface area (Å²) in [6.07, 6.45) is 1.89. The molecule has 0 spiro atoms. The van der Waals surface area contributed by atoms with Crippen LogP contribution in [0.25, 0.3) is 0 Å². The van der Waals surface area contributed by atoms with Crippen molar-refractivity contribution in [2.75, 3.05) is 39.5 Å². The van der Waals surface area contributed by atoms with Crippen LogP contribution in [0.5, 0.6) is 11.5 Å². The molecule has 1 aromatic rings.